The maximum atomic E-state index is 12.2. The van der Waals surface area contributed by atoms with Gasteiger partial charge in [-0.1, -0.05) is 6.92 Å². The van der Waals surface area contributed by atoms with Crippen LogP contribution >= 0.6 is 11.3 Å². The number of methoxy groups -OCH3 is 2. The minimum atomic E-state index is -0.182. The summed E-state index contributed by atoms with van der Waals surface area (Å²) in [6.07, 6.45) is 0.913. The third-order valence-corrected chi connectivity index (χ3v) is 4.27. The molecule has 112 valence electrons. The van der Waals surface area contributed by atoms with E-state index in [2.05, 4.69) is 12.2 Å². The first-order chi connectivity index (χ1) is 10.1. The molecular weight excluding hydrogens is 288 g/mol. The number of rotatable bonds is 5. The summed E-state index contributed by atoms with van der Waals surface area (Å²) in [7, 11) is 3.07. The topological polar surface area (TPSA) is 73.6 Å². The molecular formula is C15H18N2O3S. The van der Waals surface area contributed by atoms with Gasteiger partial charge in [-0.05, 0) is 18.6 Å². The second-order valence-corrected chi connectivity index (χ2v) is 5.54. The van der Waals surface area contributed by atoms with Crippen LogP contribution < -0.4 is 20.5 Å². The van der Waals surface area contributed by atoms with Crippen LogP contribution in [0.1, 0.15) is 21.5 Å². The highest BCUT2D eigenvalue weighted by Gasteiger charge is 2.14. The van der Waals surface area contributed by atoms with E-state index in [-0.39, 0.29) is 5.91 Å². The smallest absolute Gasteiger partial charge is 0.265 e. The fourth-order valence-electron chi connectivity index (χ4n) is 1.88. The molecule has 1 aromatic carbocycles. The number of aryl methyl sites for hydroxylation is 1. The Morgan fingerprint density at radius 3 is 2.48 bits per heavy atom. The highest BCUT2D eigenvalue weighted by molar-refractivity contribution is 7.14. The molecule has 0 unspecified atom stereocenters. The number of hydrogen-bond acceptors (Lipinski definition) is 5. The van der Waals surface area contributed by atoms with Crippen molar-refractivity contribution in [3.63, 3.8) is 0 Å². The van der Waals surface area contributed by atoms with E-state index < -0.39 is 0 Å². The van der Waals surface area contributed by atoms with E-state index in [0.29, 0.717) is 27.8 Å². The number of benzene rings is 1. The lowest BCUT2D eigenvalue weighted by Gasteiger charge is -2.13. The van der Waals surface area contributed by atoms with Crippen LogP contribution in [0.3, 0.4) is 0 Å². The molecule has 0 aliphatic heterocycles. The quantitative estimate of drug-likeness (QED) is 0.832. The van der Waals surface area contributed by atoms with Crippen LogP contribution in [-0.2, 0) is 6.42 Å². The molecule has 6 heteroatoms. The number of nitrogens with two attached hydrogens (primary N) is 1. The zero-order valence-electron chi connectivity index (χ0n) is 12.2. The van der Waals surface area contributed by atoms with E-state index in [4.69, 9.17) is 15.2 Å². The number of carbonyl (C=O) groups excluding carboxylic acids is 1. The number of nitrogen functional groups attached to an aromatic ring is 1. The third kappa shape index (κ3) is 3.28. The van der Waals surface area contributed by atoms with E-state index in [9.17, 15) is 4.79 Å². The van der Waals surface area contributed by atoms with E-state index >= 15 is 0 Å². The molecule has 0 bridgehead atoms. The molecule has 0 aliphatic rings. The van der Waals surface area contributed by atoms with E-state index in [1.807, 2.05) is 12.1 Å². The molecule has 0 saturated carbocycles. The molecule has 5 nitrogen and oxygen atoms in total. The van der Waals surface area contributed by atoms with Gasteiger partial charge in [-0.15, -0.1) is 11.3 Å². The average molecular weight is 306 g/mol. The van der Waals surface area contributed by atoms with Gasteiger partial charge in [-0.3, -0.25) is 4.79 Å². The van der Waals surface area contributed by atoms with Gasteiger partial charge >= 0.3 is 0 Å². The van der Waals surface area contributed by atoms with Gasteiger partial charge in [-0.25, -0.2) is 0 Å². The number of anilines is 2. The summed E-state index contributed by atoms with van der Waals surface area (Å²) >= 11 is 1.47. The molecule has 0 aliphatic carbocycles. The molecule has 0 saturated heterocycles. The first-order valence-electron chi connectivity index (χ1n) is 6.50. The van der Waals surface area contributed by atoms with Gasteiger partial charge < -0.3 is 20.5 Å². The first kappa shape index (κ1) is 15.2. The van der Waals surface area contributed by atoms with E-state index in [1.165, 1.54) is 30.4 Å². The number of nitrogens with one attached hydrogen (secondary N) is 1. The first-order valence-corrected chi connectivity index (χ1v) is 7.32. The summed E-state index contributed by atoms with van der Waals surface area (Å²) in [5, 5.41) is 2.80. The largest absolute Gasteiger partial charge is 0.493 e. The molecule has 3 N–H and O–H groups in total. The molecule has 21 heavy (non-hydrogen) atoms. The number of hydrogen-bond donors (Lipinski definition) is 2. The standard InChI is InChI=1S/C15H18N2O3S/c1-4-9-5-6-14(21-9)15(18)17-11-8-13(20-3)12(19-2)7-10(11)16/h5-8H,4,16H2,1-3H3,(H,17,18). The van der Waals surface area contributed by atoms with Crippen molar-refractivity contribution in [2.75, 3.05) is 25.3 Å². The Morgan fingerprint density at radius 2 is 1.90 bits per heavy atom. The molecule has 2 rings (SSSR count). The predicted molar refractivity (Wildman–Crippen MR) is 85.6 cm³/mol. The van der Waals surface area contributed by atoms with Crippen LogP contribution in [0.2, 0.25) is 0 Å². The molecule has 1 amide bonds. The van der Waals surface area contributed by atoms with Crippen molar-refractivity contribution in [3.05, 3.63) is 34.0 Å². The Balaban J connectivity index is 2.24. The summed E-state index contributed by atoms with van der Waals surface area (Å²) in [5.41, 5.74) is 6.86. The number of thiophene rings is 1. The minimum Gasteiger partial charge on any atom is -0.493 e. The van der Waals surface area contributed by atoms with Gasteiger partial charge in [0.05, 0.1) is 30.5 Å². The second kappa shape index (κ2) is 6.49. The Morgan fingerprint density at radius 1 is 1.24 bits per heavy atom. The Labute approximate surface area is 127 Å². The van der Waals surface area contributed by atoms with Crippen LogP contribution in [0.25, 0.3) is 0 Å². The van der Waals surface area contributed by atoms with Crippen LogP contribution in [0.15, 0.2) is 24.3 Å². The fourth-order valence-corrected chi connectivity index (χ4v) is 2.72. The lowest BCUT2D eigenvalue weighted by molar-refractivity contribution is 0.103. The van der Waals surface area contributed by atoms with Crippen molar-refractivity contribution < 1.29 is 14.3 Å². The minimum absolute atomic E-state index is 0.182. The number of ether oxygens (including phenoxy) is 2. The lowest BCUT2D eigenvalue weighted by atomic mass is 10.2. The highest BCUT2D eigenvalue weighted by atomic mass is 32.1. The molecule has 0 fully saturated rings. The maximum Gasteiger partial charge on any atom is 0.265 e. The van der Waals surface area contributed by atoms with Gasteiger partial charge in [0.15, 0.2) is 11.5 Å². The SMILES string of the molecule is CCc1ccc(C(=O)Nc2cc(OC)c(OC)cc2N)s1. The Hall–Kier alpha value is -2.21. The van der Waals surface area contributed by atoms with Crippen LogP contribution in [0.5, 0.6) is 11.5 Å². The summed E-state index contributed by atoms with van der Waals surface area (Å²) in [5.74, 6) is 0.860. The lowest BCUT2D eigenvalue weighted by Crippen LogP contribution is -2.12. The van der Waals surface area contributed by atoms with Crippen LogP contribution in [-0.4, -0.2) is 20.1 Å². The van der Waals surface area contributed by atoms with Crippen molar-refractivity contribution in [1.82, 2.24) is 0 Å². The van der Waals surface area contributed by atoms with Crippen molar-refractivity contribution in [3.8, 4) is 11.5 Å². The molecule has 2 aromatic rings. The van der Waals surface area contributed by atoms with Gasteiger partial charge in [0.2, 0.25) is 0 Å². The summed E-state index contributed by atoms with van der Waals surface area (Å²) < 4.78 is 10.4. The molecule has 0 radical (unpaired) electrons. The van der Waals surface area contributed by atoms with E-state index in [0.717, 1.165) is 6.42 Å². The zero-order chi connectivity index (χ0) is 15.4. The summed E-state index contributed by atoms with van der Waals surface area (Å²) in [4.78, 5) is 14.0. The number of carbonyl (C=O) groups is 1. The Bertz CT molecular complexity index is 652. The second-order valence-electron chi connectivity index (χ2n) is 4.37. The fraction of sp³-hybridized carbons (Fsp3) is 0.267. The Kier molecular flexibility index (Phi) is 4.70. The van der Waals surface area contributed by atoms with E-state index in [1.54, 1.807) is 12.1 Å². The van der Waals surface area contributed by atoms with Crippen LogP contribution in [0.4, 0.5) is 11.4 Å². The normalized spacial score (nSPS) is 10.2. The maximum absolute atomic E-state index is 12.2. The van der Waals surface area contributed by atoms with Gasteiger partial charge in [0.25, 0.3) is 5.91 Å². The number of amides is 1. The van der Waals surface area contributed by atoms with Crippen molar-refractivity contribution in [2.45, 2.75) is 13.3 Å². The van der Waals surface area contributed by atoms with Crippen molar-refractivity contribution in [2.24, 2.45) is 0 Å². The van der Waals surface area contributed by atoms with Crippen LogP contribution in [0, 0.1) is 0 Å². The molecule has 1 aromatic heterocycles. The summed E-state index contributed by atoms with van der Waals surface area (Å²) in [6, 6.07) is 7.05. The van der Waals surface area contributed by atoms with Gasteiger partial charge in [0.1, 0.15) is 0 Å². The predicted octanol–water partition coefficient (Wildman–Crippen LogP) is 3.16. The molecule has 0 spiro atoms. The average Bonchev–Trinajstić information content (AvgIpc) is 2.97. The molecule has 1 heterocycles. The molecule has 0 atom stereocenters. The summed E-state index contributed by atoms with van der Waals surface area (Å²) in [6.45, 7) is 2.06. The zero-order valence-corrected chi connectivity index (χ0v) is 13.0. The van der Waals surface area contributed by atoms with Crippen molar-refractivity contribution >= 4 is 28.6 Å². The monoisotopic (exact) mass is 306 g/mol. The highest BCUT2D eigenvalue weighted by Crippen LogP contribution is 2.35. The van der Waals surface area contributed by atoms with Crippen molar-refractivity contribution in [1.29, 1.82) is 0 Å². The van der Waals surface area contributed by atoms with Gasteiger partial charge in [0, 0.05) is 17.0 Å². The third-order valence-electron chi connectivity index (χ3n) is 3.04. The van der Waals surface area contributed by atoms with Gasteiger partial charge in [-0.2, -0.15) is 0 Å².